The summed E-state index contributed by atoms with van der Waals surface area (Å²) in [4.78, 5) is 10.8. The van der Waals surface area contributed by atoms with Crippen molar-refractivity contribution in [1.82, 2.24) is 5.32 Å². The Morgan fingerprint density at radius 3 is 2.80 bits per heavy atom. The molecular weight excluding hydrogens is 126 g/mol. The molecule has 0 aliphatic carbocycles. The van der Waals surface area contributed by atoms with Gasteiger partial charge in [0, 0.05) is 13.0 Å². The summed E-state index contributed by atoms with van der Waals surface area (Å²) in [6.45, 7) is 3.57. The van der Waals surface area contributed by atoms with Gasteiger partial charge in [-0.05, 0) is 13.0 Å². The number of ketones is 1. The highest BCUT2D eigenvalue weighted by molar-refractivity contribution is 5.93. The van der Waals surface area contributed by atoms with Gasteiger partial charge in [-0.25, -0.2) is 0 Å². The van der Waals surface area contributed by atoms with E-state index in [2.05, 4.69) is 5.32 Å². The van der Waals surface area contributed by atoms with Crippen molar-refractivity contribution in [2.24, 2.45) is 0 Å². The van der Waals surface area contributed by atoms with Crippen molar-refractivity contribution < 1.29 is 4.79 Å². The highest BCUT2D eigenvalue weighted by Crippen LogP contribution is 2.01. The fourth-order valence-corrected chi connectivity index (χ4v) is 0.879. The minimum absolute atomic E-state index is 0.0937. The lowest BCUT2D eigenvalue weighted by atomic mass is 10.1. The fourth-order valence-electron chi connectivity index (χ4n) is 0.879. The van der Waals surface area contributed by atoms with Crippen LogP contribution in [0.15, 0.2) is 23.9 Å². The Balaban J connectivity index is 2.71. The molecule has 0 radical (unpaired) electrons. The van der Waals surface area contributed by atoms with E-state index in [4.69, 9.17) is 0 Å². The van der Waals surface area contributed by atoms with Crippen molar-refractivity contribution in [3.05, 3.63) is 23.9 Å². The standard InChI is InChI=1S/C8H11NO/c1-6-4-3-5-8(9-6)7(2)10/h3-6,9H,1-2H3. The summed E-state index contributed by atoms with van der Waals surface area (Å²) in [5.41, 5.74) is 0.704. The van der Waals surface area contributed by atoms with Crippen LogP contribution in [0.1, 0.15) is 13.8 Å². The van der Waals surface area contributed by atoms with E-state index in [0.29, 0.717) is 5.70 Å². The van der Waals surface area contributed by atoms with E-state index < -0.39 is 0 Å². The van der Waals surface area contributed by atoms with Crippen LogP contribution in [-0.2, 0) is 4.79 Å². The number of rotatable bonds is 1. The van der Waals surface area contributed by atoms with Crippen molar-refractivity contribution in [3.8, 4) is 0 Å². The number of allylic oxidation sites excluding steroid dienone is 3. The molecule has 0 aromatic heterocycles. The zero-order chi connectivity index (χ0) is 7.56. The lowest BCUT2D eigenvalue weighted by molar-refractivity contribution is -0.114. The first-order valence-corrected chi connectivity index (χ1v) is 3.36. The van der Waals surface area contributed by atoms with Crippen LogP contribution in [0.25, 0.3) is 0 Å². The van der Waals surface area contributed by atoms with Gasteiger partial charge in [0.05, 0.1) is 5.70 Å². The molecule has 0 saturated carbocycles. The molecule has 0 aromatic carbocycles. The molecule has 1 atom stereocenters. The number of carbonyl (C=O) groups is 1. The van der Waals surface area contributed by atoms with Gasteiger partial charge in [-0.3, -0.25) is 4.79 Å². The second kappa shape index (κ2) is 2.69. The second-order valence-electron chi connectivity index (χ2n) is 2.45. The lowest BCUT2D eigenvalue weighted by Gasteiger charge is -2.15. The predicted molar refractivity (Wildman–Crippen MR) is 40.5 cm³/mol. The number of hydrogen-bond donors (Lipinski definition) is 1. The summed E-state index contributed by atoms with van der Waals surface area (Å²) in [6, 6.07) is 0.281. The first kappa shape index (κ1) is 7.06. The Morgan fingerprint density at radius 2 is 2.40 bits per heavy atom. The highest BCUT2D eigenvalue weighted by atomic mass is 16.1. The maximum Gasteiger partial charge on any atom is 0.175 e. The molecule has 1 heterocycles. The van der Waals surface area contributed by atoms with Gasteiger partial charge in [-0.15, -0.1) is 0 Å². The molecule has 0 saturated heterocycles. The summed E-state index contributed by atoms with van der Waals surface area (Å²) in [6.07, 6.45) is 5.70. The number of Topliss-reactive ketones (excluding diaryl/α,β-unsaturated/α-hetero) is 1. The third-order valence-corrected chi connectivity index (χ3v) is 1.43. The number of nitrogens with one attached hydrogen (secondary N) is 1. The maximum absolute atomic E-state index is 10.8. The molecule has 2 nitrogen and oxygen atoms in total. The fraction of sp³-hybridized carbons (Fsp3) is 0.375. The van der Waals surface area contributed by atoms with Crippen molar-refractivity contribution in [1.29, 1.82) is 0 Å². The summed E-state index contributed by atoms with van der Waals surface area (Å²) in [5, 5.41) is 3.04. The highest BCUT2D eigenvalue weighted by Gasteiger charge is 2.07. The van der Waals surface area contributed by atoms with E-state index in [0.717, 1.165) is 0 Å². The average Bonchev–Trinajstić information content (AvgIpc) is 1.88. The van der Waals surface area contributed by atoms with Crippen LogP contribution in [0.2, 0.25) is 0 Å². The first-order chi connectivity index (χ1) is 4.70. The first-order valence-electron chi connectivity index (χ1n) is 3.36. The predicted octanol–water partition coefficient (Wildman–Crippen LogP) is 1.01. The maximum atomic E-state index is 10.8. The molecule has 1 aliphatic rings. The van der Waals surface area contributed by atoms with Gasteiger partial charge in [0.15, 0.2) is 5.78 Å². The Hall–Kier alpha value is -1.05. The van der Waals surface area contributed by atoms with E-state index in [1.54, 1.807) is 13.0 Å². The Morgan fingerprint density at radius 1 is 1.70 bits per heavy atom. The number of dihydropyridines is 1. The van der Waals surface area contributed by atoms with Crippen LogP contribution >= 0.6 is 0 Å². The van der Waals surface area contributed by atoms with Gasteiger partial charge in [0.2, 0.25) is 0 Å². The van der Waals surface area contributed by atoms with Crippen LogP contribution in [0.3, 0.4) is 0 Å². The second-order valence-corrected chi connectivity index (χ2v) is 2.45. The molecule has 0 spiro atoms. The largest absolute Gasteiger partial charge is 0.376 e. The zero-order valence-electron chi connectivity index (χ0n) is 6.22. The van der Waals surface area contributed by atoms with Gasteiger partial charge in [0.25, 0.3) is 0 Å². The molecule has 0 bridgehead atoms. The van der Waals surface area contributed by atoms with Gasteiger partial charge in [-0.2, -0.15) is 0 Å². The van der Waals surface area contributed by atoms with Crippen LogP contribution in [-0.4, -0.2) is 11.8 Å². The van der Waals surface area contributed by atoms with E-state index >= 15 is 0 Å². The van der Waals surface area contributed by atoms with Crippen molar-refractivity contribution >= 4 is 5.78 Å². The number of carbonyl (C=O) groups excluding carboxylic acids is 1. The van der Waals surface area contributed by atoms with E-state index in [1.165, 1.54) is 0 Å². The quantitative estimate of drug-likeness (QED) is 0.584. The molecule has 1 N–H and O–H groups in total. The molecule has 2 heteroatoms. The smallest absolute Gasteiger partial charge is 0.175 e. The topological polar surface area (TPSA) is 29.1 Å². The lowest BCUT2D eigenvalue weighted by Crippen LogP contribution is -2.28. The van der Waals surface area contributed by atoms with E-state index in [9.17, 15) is 4.79 Å². The Labute approximate surface area is 60.6 Å². The molecular formula is C8H11NO. The van der Waals surface area contributed by atoms with Crippen LogP contribution in [0.5, 0.6) is 0 Å². The minimum Gasteiger partial charge on any atom is -0.376 e. The molecule has 1 aliphatic heterocycles. The van der Waals surface area contributed by atoms with Crippen LogP contribution in [0.4, 0.5) is 0 Å². The van der Waals surface area contributed by atoms with E-state index in [1.807, 2.05) is 19.1 Å². The molecule has 0 amide bonds. The summed E-state index contributed by atoms with van der Waals surface area (Å²) >= 11 is 0. The van der Waals surface area contributed by atoms with Crippen LogP contribution < -0.4 is 5.32 Å². The minimum atomic E-state index is 0.0937. The third-order valence-electron chi connectivity index (χ3n) is 1.43. The number of hydrogen-bond acceptors (Lipinski definition) is 2. The van der Waals surface area contributed by atoms with E-state index in [-0.39, 0.29) is 11.8 Å². The summed E-state index contributed by atoms with van der Waals surface area (Å²) in [7, 11) is 0. The molecule has 0 fully saturated rings. The molecule has 0 aromatic rings. The van der Waals surface area contributed by atoms with Crippen LogP contribution in [0, 0.1) is 0 Å². The van der Waals surface area contributed by atoms with Crippen molar-refractivity contribution in [2.75, 3.05) is 0 Å². The van der Waals surface area contributed by atoms with Gasteiger partial charge in [0.1, 0.15) is 0 Å². The third kappa shape index (κ3) is 1.47. The summed E-state index contributed by atoms with van der Waals surface area (Å²) < 4.78 is 0. The average molecular weight is 137 g/mol. The normalized spacial score (nSPS) is 23.4. The molecule has 10 heavy (non-hydrogen) atoms. The summed E-state index contributed by atoms with van der Waals surface area (Å²) in [5.74, 6) is 0.0937. The van der Waals surface area contributed by atoms with Crippen molar-refractivity contribution in [2.45, 2.75) is 19.9 Å². The van der Waals surface area contributed by atoms with Gasteiger partial charge >= 0.3 is 0 Å². The zero-order valence-corrected chi connectivity index (χ0v) is 6.22. The molecule has 1 rings (SSSR count). The SMILES string of the molecule is CC(=O)C1=CC=CC(C)N1. The molecule has 1 unspecified atom stereocenters. The van der Waals surface area contributed by atoms with Gasteiger partial charge < -0.3 is 5.32 Å². The molecule has 54 valence electrons. The van der Waals surface area contributed by atoms with Gasteiger partial charge in [-0.1, -0.05) is 12.2 Å². The Kier molecular flexibility index (Phi) is 1.90. The van der Waals surface area contributed by atoms with Crippen molar-refractivity contribution in [3.63, 3.8) is 0 Å². The Bertz CT molecular complexity index is 203. The monoisotopic (exact) mass is 137 g/mol.